The molecule has 0 radical (unpaired) electrons. The van der Waals surface area contributed by atoms with Crippen LogP contribution in [0.4, 0.5) is 15.4 Å². The predicted octanol–water partition coefficient (Wildman–Crippen LogP) is 3.43. The number of urea groups is 2. The van der Waals surface area contributed by atoms with Crippen molar-refractivity contribution in [2.75, 3.05) is 18.5 Å². The van der Waals surface area contributed by atoms with Crippen molar-refractivity contribution in [1.29, 1.82) is 0 Å². The van der Waals surface area contributed by atoms with Crippen molar-refractivity contribution in [3.63, 3.8) is 0 Å². The van der Waals surface area contributed by atoms with Crippen molar-refractivity contribution < 1.29 is 18.0 Å². The van der Waals surface area contributed by atoms with Crippen LogP contribution in [0.1, 0.15) is 44.1 Å². The Kier molecular flexibility index (Phi) is 6.63. The molecular formula is C26H33N5O4S. The summed E-state index contributed by atoms with van der Waals surface area (Å²) < 4.78 is 27.8. The van der Waals surface area contributed by atoms with Crippen LogP contribution in [0, 0.1) is 17.8 Å². The smallest absolute Gasteiger partial charge is 0.329 e. The van der Waals surface area contributed by atoms with Gasteiger partial charge in [-0.3, -0.25) is 4.90 Å². The first-order valence-corrected chi connectivity index (χ1v) is 14.1. The fourth-order valence-electron chi connectivity index (χ4n) is 6.63. The number of carbonyl (C=O) groups excluding carboxylic acids is 2. The second-order valence-corrected chi connectivity index (χ2v) is 12.3. The molecule has 4 amide bonds. The third-order valence-corrected chi connectivity index (χ3v) is 9.21. The molecular weight excluding hydrogens is 478 g/mol. The number of nitrogens with one attached hydrogen (secondary N) is 3. The first-order chi connectivity index (χ1) is 17.2. The molecule has 0 spiro atoms. The molecule has 4 bridgehead atoms. The van der Waals surface area contributed by atoms with Crippen molar-refractivity contribution in [2.45, 2.75) is 55.4 Å². The summed E-state index contributed by atoms with van der Waals surface area (Å²) in [6, 6.07) is 10.8. The number of carbonyl (C=O) groups is 2. The number of amides is 4. The van der Waals surface area contributed by atoms with Crippen molar-refractivity contribution in [3.05, 3.63) is 54.2 Å². The third-order valence-electron chi connectivity index (χ3n) is 7.87. The third kappa shape index (κ3) is 5.33. The highest BCUT2D eigenvalue weighted by molar-refractivity contribution is 7.90. The fourth-order valence-corrected chi connectivity index (χ4v) is 7.54. The molecule has 0 atom stereocenters. The Morgan fingerprint density at radius 3 is 2.22 bits per heavy atom. The molecule has 0 unspecified atom stereocenters. The van der Waals surface area contributed by atoms with E-state index < -0.39 is 16.1 Å². The van der Waals surface area contributed by atoms with Crippen LogP contribution in [0.5, 0.6) is 0 Å². The molecule has 3 N–H and O–H groups in total. The van der Waals surface area contributed by atoms with Crippen LogP contribution < -0.4 is 20.3 Å². The summed E-state index contributed by atoms with van der Waals surface area (Å²) in [4.78, 5) is 30.6. The Morgan fingerprint density at radius 2 is 1.64 bits per heavy atom. The molecule has 4 aliphatic rings. The van der Waals surface area contributed by atoms with Crippen molar-refractivity contribution in [3.8, 4) is 0 Å². The van der Waals surface area contributed by atoms with Crippen LogP contribution in [0.25, 0.3) is 0 Å². The second-order valence-electron chi connectivity index (χ2n) is 10.6. The van der Waals surface area contributed by atoms with Gasteiger partial charge in [-0.2, -0.15) is 0 Å². The van der Waals surface area contributed by atoms with Gasteiger partial charge in [-0.25, -0.2) is 27.7 Å². The molecule has 4 aliphatic carbocycles. The van der Waals surface area contributed by atoms with Gasteiger partial charge in [0.1, 0.15) is 5.82 Å². The van der Waals surface area contributed by atoms with Gasteiger partial charge in [-0.05, 0) is 92.5 Å². The normalized spacial score (nSPS) is 26.3. The highest BCUT2D eigenvalue weighted by Gasteiger charge is 2.51. The molecule has 0 aliphatic heterocycles. The lowest BCUT2D eigenvalue weighted by Gasteiger charge is -2.56. The van der Waals surface area contributed by atoms with E-state index >= 15 is 0 Å². The van der Waals surface area contributed by atoms with Gasteiger partial charge < -0.3 is 10.6 Å². The minimum Gasteiger partial charge on any atom is -0.337 e. The average Bonchev–Trinajstić information content (AvgIpc) is 2.82. The second kappa shape index (κ2) is 9.72. The van der Waals surface area contributed by atoms with E-state index in [-0.39, 0.29) is 16.5 Å². The Bertz CT molecular complexity index is 1180. The quantitative estimate of drug-likeness (QED) is 0.526. The average molecular weight is 512 g/mol. The molecule has 1 aromatic heterocycles. The largest absolute Gasteiger partial charge is 0.337 e. The van der Waals surface area contributed by atoms with Crippen LogP contribution >= 0.6 is 0 Å². The van der Waals surface area contributed by atoms with E-state index in [2.05, 4.69) is 20.3 Å². The van der Waals surface area contributed by atoms with Crippen molar-refractivity contribution in [1.82, 2.24) is 20.3 Å². The molecule has 192 valence electrons. The first kappa shape index (κ1) is 24.5. The van der Waals surface area contributed by atoms with E-state index in [4.69, 9.17) is 0 Å². The summed E-state index contributed by atoms with van der Waals surface area (Å²) in [6.45, 7) is 0.383. The lowest BCUT2D eigenvalue weighted by atomic mass is 9.53. The Morgan fingerprint density at radius 1 is 1.00 bits per heavy atom. The van der Waals surface area contributed by atoms with E-state index in [1.54, 1.807) is 37.5 Å². The van der Waals surface area contributed by atoms with Crippen LogP contribution in [0.15, 0.2) is 53.6 Å². The standard InChI is InChI=1S/C26H33N5O4S/c1-31(23-4-2-3-10-27-23)25(33)28-11-9-18-5-7-22(8-6-18)36(34,35)30-24(32)29-26-15-19-12-20(16-26)14-21(13-19)17-26/h2-8,10,19-21H,9,11-17H2,1H3,(H,28,33)(H2,29,30,32). The maximum absolute atomic E-state index is 12.8. The molecule has 10 heteroatoms. The number of pyridine rings is 1. The lowest BCUT2D eigenvalue weighted by molar-refractivity contribution is -0.0132. The lowest BCUT2D eigenvalue weighted by Crippen LogP contribution is -2.61. The van der Waals surface area contributed by atoms with Gasteiger partial charge in [0, 0.05) is 25.3 Å². The number of aromatic nitrogens is 1. The van der Waals surface area contributed by atoms with Gasteiger partial charge in [-0.15, -0.1) is 0 Å². The van der Waals surface area contributed by atoms with Crippen molar-refractivity contribution in [2.24, 2.45) is 17.8 Å². The highest BCUT2D eigenvalue weighted by Crippen LogP contribution is 2.55. The van der Waals surface area contributed by atoms with Gasteiger partial charge in [0.25, 0.3) is 10.0 Å². The molecule has 2 aromatic rings. The summed E-state index contributed by atoms with van der Waals surface area (Å²) in [5, 5.41) is 5.87. The molecule has 6 rings (SSSR count). The summed E-state index contributed by atoms with van der Waals surface area (Å²) in [5.74, 6) is 2.51. The zero-order chi connectivity index (χ0) is 25.3. The summed E-state index contributed by atoms with van der Waals surface area (Å²) in [6.07, 6.45) is 8.76. The highest BCUT2D eigenvalue weighted by atomic mass is 32.2. The molecule has 36 heavy (non-hydrogen) atoms. The number of hydrogen-bond donors (Lipinski definition) is 3. The van der Waals surface area contributed by atoms with Gasteiger partial charge in [0.05, 0.1) is 4.90 Å². The zero-order valence-electron chi connectivity index (χ0n) is 20.4. The Balaban J connectivity index is 1.12. The van der Waals surface area contributed by atoms with E-state index in [9.17, 15) is 18.0 Å². The number of nitrogens with zero attached hydrogens (tertiary/aromatic N) is 2. The number of sulfonamides is 1. The predicted molar refractivity (Wildman–Crippen MR) is 136 cm³/mol. The summed E-state index contributed by atoms with van der Waals surface area (Å²) in [7, 11) is -2.34. The number of benzene rings is 1. The fraction of sp³-hybridized carbons (Fsp3) is 0.500. The number of hydrogen-bond acceptors (Lipinski definition) is 5. The first-order valence-electron chi connectivity index (χ1n) is 12.6. The SMILES string of the molecule is CN(C(=O)NCCc1ccc(S(=O)(=O)NC(=O)NC23CC4CC(CC(C4)C2)C3)cc1)c1ccccn1. The van der Waals surface area contributed by atoms with Gasteiger partial charge in [0.15, 0.2) is 0 Å². The van der Waals surface area contributed by atoms with E-state index in [0.717, 1.165) is 24.8 Å². The van der Waals surface area contributed by atoms with E-state index in [0.29, 0.717) is 36.5 Å². The van der Waals surface area contributed by atoms with Gasteiger partial charge >= 0.3 is 12.1 Å². The van der Waals surface area contributed by atoms with Gasteiger partial charge in [-0.1, -0.05) is 18.2 Å². The monoisotopic (exact) mass is 511 g/mol. The van der Waals surface area contributed by atoms with Crippen LogP contribution in [0.3, 0.4) is 0 Å². The maximum atomic E-state index is 12.8. The number of anilines is 1. The van der Waals surface area contributed by atoms with E-state index in [1.165, 1.54) is 36.3 Å². The topological polar surface area (TPSA) is 121 Å². The molecule has 1 heterocycles. The van der Waals surface area contributed by atoms with Crippen LogP contribution in [-0.2, 0) is 16.4 Å². The molecule has 9 nitrogen and oxygen atoms in total. The molecule has 4 fully saturated rings. The van der Waals surface area contributed by atoms with Crippen molar-refractivity contribution >= 4 is 27.9 Å². The molecule has 1 aromatic carbocycles. The van der Waals surface area contributed by atoms with Crippen LogP contribution in [-0.4, -0.2) is 44.6 Å². The Hall–Kier alpha value is -3.14. The minimum absolute atomic E-state index is 0.0332. The molecule has 4 saturated carbocycles. The maximum Gasteiger partial charge on any atom is 0.329 e. The Labute approximate surface area is 212 Å². The van der Waals surface area contributed by atoms with Crippen LogP contribution in [0.2, 0.25) is 0 Å². The summed E-state index contributed by atoms with van der Waals surface area (Å²) in [5.41, 5.74) is 0.612. The summed E-state index contributed by atoms with van der Waals surface area (Å²) >= 11 is 0. The van der Waals surface area contributed by atoms with E-state index in [1.807, 2.05) is 6.07 Å². The number of rotatable bonds is 7. The zero-order valence-corrected chi connectivity index (χ0v) is 21.3. The van der Waals surface area contributed by atoms with Gasteiger partial charge in [0.2, 0.25) is 0 Å². The minimum atomic E-state index is -3.98. The molecule has 0 saturated heterocycles.